The molecule has 4 nitrogen and oxygen atoms in total. The smallest absolute Gasteiger partial charge is 0.423 e. The summed E-state index contributed by atoms with van der Waals surface area (Å²) in [7, 11) is -1.69. The molecule has 1 aromatic carbocycles. The van der Waals surface area contributed by atoms with Gasteiger partial charge in [-0.05, 0) is 36.7 Å². The number of halogens is 1. The Morgan fingerprint density at radius 3 is 2.62 bits per heavy atom. The molecule has 0 spiro atoms. The molecule has 0 saturated heterocycles. The van der Waals surface area contributed by atoms with Crippen molar-refractivity contribution < 1.29 is 14.4 Å². The third-order valence-electron chi connectivity index (χ3n) is 2.19. The van der Waals surface area contributed by atoms with Gasteiger partial charge >= 0.3 is 7.12 Å². The van der Waals surface area contributed by atoms with Gasteiger partial charge in [-0.2, -0.15) is 5.10 Å². The summed E-state index contributed by atoms with van der Waals surface area (Å²) < 4.78 is 14.7. The van der Waals surface area contributed by atoms with Gasteiger partial charge in [0.05, 0.1) is 11.4 Å². The average Bonchev–Trinajstić information content (AvgIpc) is 2.64. The second-order valence-electron chi connectivity index (χ2n) is 3.52. The quantitative estimate of drug-likeness (QED) is 0.700. The molecule has 0 unspecified atom stereocenters. The van der Waals surface area contributed by atoms with E-state index in [1.54, 1.807) is 12.3 Å². The summed E-state index contributed by atoms with van der Waals surface area (Å²) in [5.41, 5.74) is 1.36. The van der Waals surface area contributed by atoms with Crippen LogP contribution in [0.25, 0.3) is 5.69 Å². The fraction of sp³-hybridized carbons (Fsp3) is 0.100. The topological polar surface area (TPSA) is 58.3 Å². The van der Waals surface area contributed by atoms with Crippen molar-refractivity contribution in [3.63, 3.8) is 0 Å². The van der Waals surface area contributed by atoms with Crippen LogP contribution < -0.4 is 5.46 Å². The monoisotopic (exact) mass is 220 g/mol. The van der Waals surface area contributed by atoms with Crippen molar-refractivity contribution in [3.05, 3.63) is 42.0 Å². The highest BCUT2D eigenvalue weighted by atomic mass is 19.1. The molecule has 2 N–H and O–H groups in total. The molecule has 0 aliphatic heterocycles. The first kappa shape index (κ1) is 10.8. The van der Waals surface area contributed by atoms with Gasteiger partial charge in [-0.3, -0.25) is 0 Å². The molecule has 0 radical (unpaired) electrons. The Bertz CT molecular complexity index is 513. The van der Waals surface area contributed by atoms with E-state index in [2.05, 4.69) is 5.10 Å². The maximum atomic E-state index is 13.2. The predicted molar refractivity (Wildman–Crippen MR) is 58.1 cm³/mol. The van der Waals surface area contributed by atoms with Gasteiger partial charge in [0.15, 0.2) is 0 Å². The summed E-state index contributed by atoms with van der Waals surface area (Å²) >= 11 is 0. The van der Waals surface area contributed by atoms with Crippen LogP contribution in [0, 0.1) is 12.7 Å². The highest BCUT2D eigenvalue weighted by Crippen LogP contribution is 2.08. The molecule has 0 aliphatic rings. The minimum atomic E-state index is -1.69. The Labute approximate surface area is 92.1 Å². The molecule has 0 aliphatic carbocycles. The van der Waals surface area contributed by atoms with Crippen molar-refractivity contribution >= 4 is 12.6 Å². The first-order chi connectivity index (χ1) is 7.56. The maximum absolute atomic E-state index is 13.2. The van der Waals surface area contributed by atoms with Crippen LogP contribution in [-0.2, 0) is 0 Å². The van der Waals surface area contributed by atoms with Crippen molar-refractivity contribution in [1.29, 1.82) is 0 Å². The number of rotatable bonds is 2. The standard InChI is InChI=1S/C10H10BFN2O2/c1-7-2-3-14(13-7)10-5-8(11(15)16)4-9(12)6-10/h2-6,15-16H,1H3. The largest absolute Gasteiger partial charge is 0.488 e. The van der Waals surface area contributed by atoms with Gasteiger partial charge in [-0.1, -0.05) is 0 Å². The molecule has 0 saturated carbocycles. The van der Waals surface area contributed by atoms with Crippen LogP contribution in [0.1, 0.15) is 5.69 Å². The second-order valence-corrected chi connectivity index (χ2v) is 3.52. The second kappa shape index (κ2) is 4.07. The van der Waals surface area contributed by atoms with Crippen molar-refractivity contribution in [1.82, 2.24) is 9.78 Å². The third-order valence-corrected chi connectivity index (χ3v) is 2.19. The van der Waals surface area contributed by atoms with E-state index < -0.39 is 12.9 Å². The molecule has 2 aromatic rings. The number of benzene rings is 1. The van der Waals surface area contributed by atoms with Gasteiger partial charge in [-0.25, -0.2) is 9.07 Å². The third kappa shape index (κ3) is 2.12. The van der Waals surface area contributed by atoms with Crippen LogP contribution in [-0.4, -0.2) is 26.9 Å². The molecule has 1 heterocycles. The fourth-order valence-electron chi connectivity index (χ4n) is 1.44. The summed E-state index contributed by atoms with van der Waals surface area (Å²) in [5.74, 6) is -0.534. The van der Waals surface area contributed by atoms with Crippen LogP contribution in [0.3, 0.4) is 0 Å². The Kier molecular flexibility index (Phi) is 2.76. The highest BCUT2D eigenvalue weighted by Gasteiger charge is 2.14. The van der Waals surface area contributed by atoms with E-state index in [4.69, 9.17) is 10.0 Å². The van der Waals surface area contributed by atoms with Gasteiger partial charge in [0, 0.05) is 6.20 Å². The van der Waals surface area contributed by atoms with Crippen molar-refractivity contribution in [2.45, 2.75) is 6.92 Å². The van der Waals surface area contributed by atoms with E-state index in [1.807, 2.05) is 6.92 Å². The molecule has 0 amide bonds. The molecule has 82 valence electrons. The van der Waals surface area contributed by atoms with E-state index in [9.17, 15) is 4.39 Å². The molecule has 0 atom stereocenters. The van der Waals surface area contributed by atoms with Crippen molar-refractivity contribution in [3.8, 4) is 5.69 Å². The van der Waals surface area contributed by atoms with Crippen molar-refractivity contribution in [2.24, 2.45) is 0 Å². The number of aryl methyl sites for hydroxylation is 1. The summed E-state index contributed by atoms with van der Waals surface area (Å²) in [6.45, 7) is 1.82. The number of hydrogen-bond donors (Lipinski definition) is 2. The van der Waals surface area contributed by atoms with Gasteiger partial charge in [0.1, 0.15) is 5.82 Å². The number of nitrogens with zero attached hydrogens (tertiary/aromatic N) is 2. The van der Waals surface area contributed by atoms with E-state index in [0.717, 1.165) is 11.8 Å². The van der Waals surface area contributed by atoms with E-state index in [1.165, 1.54) is 16.8 Å². The summed E-state index contributed by atoms with van der Waals surface area (Å²) in [5, 5.41) is 22.1. The SMILES string of the molecule is Cc1ccn(-c2cc(F)cc(B(O)O)c2)n1. The zero-order valence-corrected chi connectivity index (χ0v) is 8.63. The van der Waals surface area contributed by atoms with Gasteiger partial charge < -0.3 is 10.0 Å². The fourth-order valence-corrected chi connectivity index (χ4v) is 1.44. The average molecular weight is 220 g/mol. The maximum Gasteiger partial charge on any atom is 0.488 e. The lowest BCUT2D eigenvalue weighted by molar-refractivity contribution is 0.425. The predicted octanol–water partition coefficient (Wildman–Crippen LogP) is -0.000380. The van der Waals surface area contributed by atoms with Crippen molar-refractivity contribution in [2.75, 3.05) is 0 Å². The Morgan fingerprint density at radius 1 is 1.31 bits per heavy atom. The van der Waals surface area contributed by atoms with Crippen LogP contribution in [0.5, 0.6) is 0 Å². The lowest BCUT2D eigenvalue weighted by atomic mass is 9.80. The summed E-state index contributed by atoms with van der Waals surface area (Å²) in [6, 6.07) is 5.60. The number of aromatic nitrogens is 2. The Hall–Kier alpha value is -1.66. The lowest BCUT2D eigenvalue weighted by Gasteiger charge is -2.05. The zero-order chi connectivity index (χ0) is 11.7. The number of hydrogen-bond acceptors (Lipinski definition) is 3. The first-order valence-corrected chi connectivity index (χ1v) is 4.75. The molecule has 6 heteroatoms. The Morgan fingerprint density at radius 2 is 2.06 bits per heavy atom. The molecule has 1 aromatic heterocycles. The van der Waals surface area contributed by atoms with Crippen LogP contribution in [0.4, 0.5) is 4.39 Å². The lowest BCUT2D eigenvalue weighted by Crippen LogP contribution is -2.30. The van der Waals surface area contributed by atoms with E-state index in [-0.39, 0.29) is 5.46 Å². The highest BCUT2D eigenvalue weighted by molar-refractivity contribution is 6.58. The van der Waals surface area contributed by atoms with Crippen LogP contribution in [0.15, 0.2) is 30.5 Å². The first-order valence-electron chi connectivity index (χ1n) is 4.75. The molecule has 16 heavy (non-hydrogen) atoms. The van der Waals surface area contributed by atoms with Gasteiger partial charge in [0.2, 0.25) is 0 Å². The molecule has 2 rings (SSSR count). The normalized spacial score (nSPS) is 10.5. The Balaban J connectivity index is 2.49. The molecular weight excluding hydrogens is 210 g/mol. The minimum absolute atomic E-state index is 0.100. The minimum Gasteiger partial charge on any atom is -0.423 e. The van der Waals surface area contributed by atoms with Gasteiger partial charge in [-0.15, -0.1) is 0 Å². The summed E-state index contributed by atoms with van der Waals surface area (Å²) in [4.78, 5) is 0. The molecule has 0 fully saturated rings. The van der Waals surface area contributed by atoms with E-state index in [0.29, 0.717) is 5.69 Å². The zero-order valence-electron chi connectivity index (χ0n) is 8.63. The summed E-state index contributed by atoms with van der Waals surface area (Å²) in [6.07, 6.45) is 1.68. The van der Waals surface area contributed by atoms with Gasteiger partial charge in [0.25, 0.3) is 0 Å². The van der Waals surface area contributed by atoms with Crippen LogP contribution >= 0.6 is 0 Å². The van der Waals surface area contributed by atoms with Crippen LogP contribution in [0.2, 0.25) is 0 Å². The molecule has 0 bridgehead atoms. The van der Waals surface area contributed by atoms with E-state index >= 15 is 0 Å². The molecular formula is C10H10BFN2O2.